The molecule has 0 radical (unpaired) electrons. The average Bonchev–Trinajstić information content (AvgIpc) is 2.58. The van der Waals surface area contributed by atoms with Crippen LogP contribution in [-0.4, -0.2) is 25.9 Å². The number of ether oxygens (including phenoxy) is 2. The van der Waals surface area contributed by atoms with E-state index in [1.54, 1.807) is 6.07 Å². The number of carbonyl (C=O) groups is 1. The number of amides is 2. The van der Waals surface area contributed by atoms with Crippen LogP contribution in [0, 0.1) is 5.82 Å². The summed E-state index contributed by atoms with van der Waals surface area (Å²) in [5.41, 5.74) is 0.767. The fourth-order valence-electron chi connectivity index (χ4n) is 2.03. The third-order valence-electron chi connectivity index (χ3n) is 3.15. The predicted octanol–water partition coefficient (Wildman–Crippen LogP) is 4.10. The number of halogens is 4. The van der Waals surface area contributed by atoms with Gasteiger partial charge in [0.2, 0.25) is 0 Å². The van der Waals surface area contributed by atoms with E-state index < -0.39 is 24.6 Å². The Morgan fingerprint density at radius 3 is 2.54 bits per heavy atom. The number of anilines is 1. The molecule has 0 atom stereocenters. The minimum Gasteiger partial charge on any atom is -0.493 e. The second kappa shape index (κ2) is 8.41. The van der Waals surface area contributed by atoms with Crippen molar-refractivity contribution >= 4 is 11.7 Å². The van der Waals surface area contributed by atoms with Crippen molar-refractivity contribution < 1.29 is 31.8 Å². The first-order valence-corrected chi connectivity index (χ1v) is 7.44. The minimum absolute atomic E-state index is 0.0805. The van der Waals surface area contributed by atoms with Crippen LogP contribution in [0.3, 0.4) is 0 Å². The number of carbonyl (C=O) groups excluding carboxylic acids is 1. The van der Waals surface area contributed by atoms with E-state index in [2.05, 4.69) is 10.6 Å². The molecule has 2 aromatic carbocycles. The summed E-state index contributed by atoms with van der Waals surface area (Å²) in [6.45, 7) is -1.41. The van der Waals surface area contributed by atoms with E-state index in [1.807, 2.05) is 0 Å². The number of hydrogen-bond acceptors (Lipinski definition) is 3. The van der Waals surface area contributed by atoms with E-state index in [-0.39, 0.29) is 23.7 Å². The number of hydrogen-bond donors (Lipinski definition) is 2. The van der Waals surface area contributed by atoms with Crippen LogP contribution in [0.5, 0.6) is 11.5 Å². The molecule has 0 aliphatic carbocycles. The molecule has 5 nitrogen and oxygen atoms in total. The molecule has 0 heterocycles. The maximum atomic E-state index is 13.1. The summed E-state index contributed by atoms with van der Waals surface area (Å²) in [5, 5.41) is 4.97. The molecule has 140 valence electrons. The zero-order valence-corrected chi connectivity index (χ0v) is 13.7. The van der Waals surface area contributed by atoms with E-state index >= 15 is 0 Å². The van der Waals surface area contributed by atoms with Gasteiger partial charge in [-0.05, 0) is 29.8 Å². The fourth-order valence-corrected chi connectivity index (χ4v) is 2.03. The standard InChI is InChI=1S/C17H16F4N2O3/c1-25-14-6-5-13(8-15(14)26-10-17(19,20)21)23-16(24)22-9-11-3-2-4-12(18)7-11/h2-8H,9-10H2,1H3,(H2,22,23,24). The van der Waals surface area contributed by atoms with Gasteiger partial charge < -0.3 is 20.1 Å². The van der Waals surface area contributed by atoms with Crippen molar-refractivity contribution in [3.63, 3.8) is 0 Å². The Bertz CT molecular complexity index is 766. The molecule has 0 aromatic heterocycles. The van der Waals surface area contributed by atoms with E-state index in [4.69, 9.17) is 9.47 Å². The summed E-state index contributed by atoms with van der Waals surface area (Å²) >= 11 is 0. The predicted molar refractivity (Wildman–Crippen MR) is 86.8 cm³/mol. The van der Waals surface area contributed by atoms with Crippen LogP contribution in [0.2, 0.25) is 0 Å². The van der Waals surface area contributed by atoms with Gasteiger partial charge in [0, 0.05) is 18.3 Å². The third kappa shape index (κ3) is 6.15. The molecule has 0 aliphatic heterocycles. The highest BCUT2D eigenvalue weighted by Crippen LogP contribution is 2.31. The normalized spacial score (nSPS) is 11.0. The van der Waals surface area contributed by atoms with Crippen molar-refractivity contribution in [2.24, 2.45) is 0 Å². The van der Waals surface area contributed by atoms with Gasteiger partial charge in [0.15, 0.2) is 18.1 Å². The molecule has 0 spiro atoms. The second-order valence-corrected chi connectivity index (χ2v) is 5.21. The van der Waals surface area contributed by atoms with Crippen molar-refractivity contribution in [1.29, 1.82) is 0 Å². The maximum absolute atomic E-state index is 13.1. The van der Waals surface area contributed by atoms with Crippen molar-refractivity contribution in [2.45, 2.75) is 12.7 Å². The highest BCUT2D eigenvalue weighted by atomic mass is 19.4. The highest BCUT2D eigenvalue weighted by Gasteiger charge is 2.29. The third-order valence-corrected chi connectivity index (χ3v) is 3.15. The molecule has 0 unspecified atom stereocenters. The van der Waals surface area contributed by atoms with Crippen LogP contribution in [0.4, 0.5) is 28.0 Å². The lowest BCUT2D eigenvalue weighted by Crippen LogP contribution is -2.28. The van der Waals surface area contributed by atoms with Crippen molar-refractivity contribution in [1.82, 2.24) is 5.32 Å². The number of urea groups is 1. The molecule has 9 heteroatoms. The van der Waals surface area contributed by atoms with Crippen LogP contribution in [0.25, 0.3) is 0 Å². The zero-order valence-electron chi connectivity index (χ0n) is 13.7. The number of benzene rings is 2. The molecule has 2 aromatic rings. The Balaban J connectivity index is 1.98. The molecule has 0 bridgehead atoms. The number of methoxy groups -OCH3 is 1. The topological polar surface area (TPSA) is 59.6 Å². The second-order valence-electron chi connectivity index (χ2n) is 5.21. The molecule has 0 aliphatic rings. The van der Waals surface area contributed by atoms with Gasteiger partial charge >= 0.3 is 12.2 Å². The lowest BCUT2D eigenvalue weighted by molar-refractivity contribution is -0.153. The van der Waals surface area contributed by atoms with Gasteiger partial charge in [-0.2, -0.15) is 13.2 Å². The fraction of sp³-hybridized carbons (Fsp3) is 0.235. The number of nitrogens with one attached hydrogen (secondary N) is 2. The van der Waals surface area contributed by atoms with Crippen molar-refractivity contribution in [3.05, 3.63) is 53.8 Å². The summed E-state index contributed by atoms with van der Waals surface area (Å²) in [6.07, 6.45) is -4.50. The van der Waals surface area contributed by atoms with E-state index in [0.717, 1.165) is 0 Å². The number of rotatable bonds is 6. The first kappa shape index (κ1) is 19.4. The Hall–Kier alpha value is -2.97. The summed E-state index contributed by atoms with van der Waals surface area (Å²) < 4.78 is 59.6. The molecule has 0 saturated carbocycles. The van der Waals surface area contributed by atoms with E-state index in [1.165, 1.54) is 43.5 Å². The van der Waals surface area contributed by atoms with Crippen molar-refractivity contribution in [3.8, 4) is 11.5 Å². The highest BCUT2D eigenvalue weighted by molar-refractivity contribution is 5.89. The molecular weight excluding hydrogens is 356 g/mol. The van der Waals surface area contributed by atoms with Crippen molar-refractivity contribution in [2.75, 3.05) is 19.0 Å². The first-order valence-electron chi connectivity index (χ1n) is 7.44. The van der Waals surface area contributed by atoms with Gasteiger partial charge in [0.05, 0.1) is 7.11 Å². The van der Waals surface area contributed by atoms with Gasteiger partial charge in [0.1, 0.15) is 5.82 Å². The SMILES string of the molecule is COc1ccc(NC(=O)NCc2cccc(F)c2)cc1OCC(F)(F)F. The van der Waals surface area contributed by atoms with Crippen LogP contribution < -0.4 is 20.1 Å². The Morgan fingerprint density at radius 2 is 1.88 bits per heavy atom. The van der Waals surface area contributed by atoms with E-state index in [9.17, 15) is 22.4 Å². The smallest absolute Gasteiger partial charge is 0.422 e. The molecule has 2 N–H and O–H groups in total. The van der Waals surface area contributed by atoms with Crippen LogP contribution in [-0.2, 0) is 6.54 Å². The molecule has 26 heavy (non-hydrogen) atoms. The Labute approximate surface area is 146 Å². The van der Waals surface area contributed by atoms with Crippen LogP contribution in [0.15, 0.2) is 42.5 Å². The Kier molecular flexibility index (Phi) is 6.26. The van der Waals surface area contributed by atoms with Gasteiger partial charge in [-0.25, -0.2) is 9.18 Å². The largest absolute Gasteiger partial charge is 0.493 e. The average molecular weight is 372 g/mol. The van der Waals surface area contributed by atoms with Crippen LogP contribution in [0.1, 0.15) is 5.56 Å². The molecule has 0 saturated heterocycles. The minimum atomic E-state index is -4.50. The molecular formula is C17H16F4N2O3. The quantitative estimate of drug-likeness (QED) is 0.751. The molecule has 2 amide bonds. The Morgan fingerprint density at radius 1 is 1.12 bits per heavy atom. The first-order chi connectivity index (χ1) is 12.3. The van der Waals surface area contributed by atoms with Crippen LogP contribution >= 0.6 is 0 Å². The van der Waals surface area contributed by atoms with Gasteiger partial charge in [-0.15, -0.1) is 0 Å². The van der Waals surface area contributed by atoms with Gasteiger partial charge in [-0.3, -0.25) is 0 Å². The molecule has 2 rings (SSSR count). The van der Waals surface area contributed by atoms with Gasteiger partial charge in [0.25, 0.3) is 0 Å². The molecule has 0 fully saturated rings. The lowest BCUT2D eigenvalue weighted by Gasteiger charge is -2.14. The maximum Gasteiger partial charge on any atom is 0.422 e. The van der Waals surface area contributed by atoms with Gasteiger partial charge in [-0.1, -0.05) is 12.1 Å². The summed E-state index contributed by atoms with van der Waals surface area (Å²) in [5.74, 6) is -0.487. The summed E-state index contributed by atoms with van der Waals surface area (Å²) in [4.78, 5) is 11.9. The monoisotopic (exact) mass is 372 g/mol. The van der Waals surface area contributed by atoms with E-state index in [0.29, 0.717) is 5.56 Å². The summed E-state index contributed by atoms with van der Waals surface area (Å²) in [6, 6.07) is 9.13. The zero-order chi connectivity index (χ0) is 19.2. The summed E-state index contributed by atoms with van der Waals surface area (Å²) in [7, 11) is 1.29. The lowest BCUT2D eigenvalue weighted by atomic mass is 10.2. The number of alkyl halides is 3.